The summed E-state index contributed by atoms with van der Waals surface area (Å²) < 4.78 is 1.67. The average molecular weight is 393 g/mol. The molecular weight excluding hydrogens is 366 g/mol. The summed E-state index contributed by atoms with van der Waals surface area (Å²) in [5.74, 6) is -0.277. The third-order valence-electron chi connectivity index (χ3n) is 4.63. The number of nitrogens with zero attached hydrogens (tertiary/aromatic N) is 4. The van der Waals surface area contributed by atoms with E-state index in [0.29, 0.717) is 18.6 Å². The smallest absolute Gasteiger partial charge is 0.287 e. The third kappa shape index (κ3) is 5.00. The van der Waals surface area contributed by atoms with Crippen LogP contribution in [0.25, 0.3) is 5.52 Å². The number of nitrogens with one attached hydrogen (secondary N) is 1. The lowest BCUT2D eigenvalue weighted by atomic mass is 10.2. The van der Waals surface area contributed by atoms with Crippen LogP contribution in [0, 0.1) is 0 Å². The molecule has 7 nitrogen and oxygen atoms in total. The number of carbonyl (C=O) groups is 2. The van der Waals surface area contributed by atoms with Gasteiger partial charge in [-0.1, -0.05) is 36.4 Å². The SMILES string of the molecule is CN(C)CCCNC(=O)c1nc(C(=O)N(C)Cc2ccccc2)c2ccccn12. The van der Waals surface area contributed by atoms with Crippen molar-refractivity contribution < 1.29 is 9.59 Å². The van der Waals surface area contributed by atoms with Crippen LogP contribution in [-0.2, 0) is 6.54 Å². The molecule has 0 fully saturated rings. The number of benzene rings is 1. The van der Waals surface area contributed by atoms with Gasteiger partial charge in [-0.05, 0) is 44.8 Å². The molecular formula is C22H27N5O2. The minimum absolute atomic E-state index is 0.218. The predicted octanol–water partition coefficient (Wildman–Crippen LogP) is 2.29. The Morgan fingerprint density at radius 2 is 1.76 bits per heavy atom. The molecule has 0 radical (unpaired) electrons. The number of aromatic nitrogens is 2. The van der Waals surface area contributed by atoms with Gasteiger partial charge in [-0.2, -0.15) is 0 Å². The van der Waals surface area contributed by atoms with Gasteiger partial charge in [0.15, 0.2) is 5.69 Å². The number of hydrogen-bond acceptors (Lipinski definition) is 4. The second kappa shape index (κ2) is 9.34. The molecule has 0 unspecified atom stereocenters. The molecule has 0 bridgehead atoms. The Balaban J connectivity index is 1.80. The molecule has 0 aliphatic rings. The van der Waals surface area contributed by atoms with Crippen LogP contribution in [0.1, 0.15) is 33.1 Å². The molecule has 7 heteroatoms. The minimum atomic E-state index is -0.283. The van der Waals surface area contributed by atoms with Crippen LogP contribution in [0.15, 0.2) is 54.7 Å². The molecule has 0 saturated carbocycles. The number of rotatable bonds is 8. The van der Waals surface area contributed by atoms with E-state index in [2.05, 4.69) is 15.2 Å². The molecule has 29 heavy (non-hydrogen) atoms. The first-order chi connectivity index (χ1) is 14.0. The van der Waals surface area contributed by atoms with Gasteiger partial charge in [-0.25, -0.2) is 4.98 Å². The van der Waals surface area contributed by atoms with Crippen molar-refractivity contribution in [1.29, 1.82) is 0 Å². The summed E-state index contributed by atoms with van der Waals surface area (Å²) in [4.78, 5) is 33.8. The van der Waals surface area contributed by atoms with Gasteiger partial charge >= 0.3 is 0 Å². The fourth-order valence-electron chi connectivity index (χ4n) is 3.14. The van der Waals surface area contributed by atoms with Crippen molar-refractivity contribution in [2.45, 2.75) is 13.0 Å². The topological polar surface area (TPSA) is 70.0 Å². The first-order valence-corrected chi connectivity index (χ1v) is 9.67. The predicted molar refractivity (Wildman–Crippen MR) is 113 cm³/mol. The van der Waals surface area contributed by atoms with E-state index in [4.69, 9.17) is 0 Å². The first kappa shape index (κ1) is 20.5. The molecule has 2 aromatic heterocycles. The quantitative estimate of drug-likeness (QED) is 0.596. The fraction of sp³-hybridized carbons (Fsp3) is 0.318. The standard InChI is InChI=1S/C22H27N5O2/c1-25(2)14-9-13-23-21(28)20-24-19(18-12-7-8-15-27(18)20)22(29)26(3)16-17-10-5-4-6-11-17/h4-8,10-12,15H,9,13-14,16H2,1-3H3,(H,23,28). The molecule has 2 heterocycles. The van der Waals surface area contributed by atoms with Crippen molar-refractivity contribution in [3.05, 3.63) is 71.8 Å². The van der Waals surface area contributed by atoms with E-state index in [9.17, 15) is 9.59 Å². The highest BCUT2D eigenvalue weighted by atomic mass is 16.2. The molecule has 2 amide bonds. The number of hydrogen-bond donors (Lipinski definition) is 1. The van der Waals surface area contributed by atoms with E-state index < -0.39 is 0 Å². The Morgan fingerprint density at radius 1 is 1.03 bits per heavy atom. The highest BCUT2D eigenvalue weighted by Gasteiger charge is 2.23. The van der Waals surface area contributed by atoms with Crippen molar-refractivity contribution in [2.75, 3.05) is 34.2 Å². The molecule has 0 saturated heterocycles. The molecule has 0 aliphatic carbocycles. The Hall–Kier alpha value is -3.19. The summed E-state index contributed by atoms with van der Waals surface area (Å²) in [6.07, 6.45) is 2.60. The van der Waals surface area contributed by atoms with Crippen molar-refractivity contribution in [1.82, 2.24) is 24.5 Å². The molecule has 1 aromatic carbocycles. The zero-order valence-electron chi connectivity index (χ0n) is 17.1. The van der Waals surface area contributed by atoms with Crippen LogP contribution in [-0.4, -0.2) is 65.2 Å². The van der Waals surface area contributed by atoms with Crippen LogP contribution in [0.5, 0.6) is 0 Å². The molecule has 3 aromatic rings. The maximum absolute atomic E-state index is 13.0. The van der Waals surface area contributed by atoms with Crippen LogP contribution in [0.3, 0.4) is 0 Å². The van der Waals surface area contributed by atoms with Crippen LogP contribution in [0.2, 0.25) is 0 Å². The Bertz CT molecular complexity index is 981. The van der Waals surface area contributed by atoms with E-state index in [1.54, 1.807) is 28.6 Å². The van der Waals surface area contributed by atoms with Gasteiger partial charge < -0.3 is 15.1 Å². The summed E-state index contributed by atoms with van der Waals surface area (Å²) in [5.41, 5.74) is 1.93. The second-order valence-electron chi connectivity index (χ2n) is 7.30. The molecule has 0 atom stereocenters. The zero-order valence-corrected chi connectivity index (χ0v) is 17.1. The number of carbonyl (C=O) groups excluding carboxylic acids is 2. The normalized spacial score (nSPS) is 11.0. The lowest BCUT2D eigenvalue weighted by Crippen LogP contribution is -2.29. The average Bonchev–Trinajstić information content (AvgIpc) is 3.11. The third-order valence-corrected chi connectivity index (χ3v) is 4.63. The lowest BCUT2D eigenvalue weighted by molar-refractivity contribution is 0.0782. The van der Waals surface area contributed by atoms with Gasteiger partial charge in [0.2, 0.25) is 5.82 Å². The number of imidazole rings is 1. The molecule has 152 valence electrons. The minimum Gasteiger partial charge on any atom is -0.349 e. The van der Waals surface area contributed by atoms with E-state index in [1.807, 2.05) is 56.6 Å². The van der Waals surface area contributed by atoms with Crippen molar-refractivity contribution in [2.24, 2.45) is 0 Å². The van der Waals surface area contributed by atoms with Gasteiger partial charge in [0.1, 0.15) is 0 Å². The van der Waals surface area contributed by atoms with E-state index >= 15 is 0 Å². The molecule has 0 spiro atoms. The van der Waals surface area contributed by atoms with Crippen LogP contribution in [0.4, 0.5) is 0 Å². The molecule has 0 aliphatic heterocycles. The van der Waals surface area contributed by atoms with Gasteiger partial charge in [-0.3, -0.25) is 14.0 Å². The van der Waals surface area contributed by atoms with Gasteiger partial charge in [0.05, 0.1) is 5.52 Å². The maximum atomic E-state index is 13.0. The summed E-state index contributed by atoms with van der Waals surface area (Å²) in [5, 5.41) is 2.89. The summed E-state index contributed by atoms with van der Waals surface area (Å²) in [6, 6.07) is 15.2. The summed E-state index contributed by atoms with van der Waals surface area (Å²) >= 11 is 0. The first-order valence-electron chi connectivity index (χ1n) is 9.67. The Kier molecular flexibility index (Phi) is 6.61. The largest absolute Gasteiger partial charge is 0.349 e. The highest BCUT2D eigenvalue weighted by molar-refractivity contribution is 6.02. The van der Waals surface area contributed by atoms with E-state index in [1.165, 1.54) is 0 Å². The Labute approximate surface area is 171 Å². The maximum Gasteiger partial charge on any atom is 0.287 e. The van der Waals surface area contributed by atoms with Gasteiger partial charge in [0.25, 0.3) is 11.8 Å². The monoisotopic (exact) mass is 393 g/mol. The lowest BCUT2D eigenvalue weighted by Gasteiger charge is -2.16. The van der Waals surface area contributed by atoms with Crippen molar-refractivity contribution in [3.8, 4) is 0 Å². The zero-order chi connectivity index (χ0) is 20.8. The fourth-order valence-corrected chi connectivity index (χ4v) is 3.14. The molecule has 1 N–H and O–H groups in total. The van der Waals surface area contributed by atoms with Crippen molar-refractivity contribution >= 4 is 17.3 Å². The van der Waals surface area contributed by atoms with E-state index in [0.717, 1.165) is 18.5 Å². The van der Waals surface area contributed by atoms with Gasteiger partial charge in [-0.15, -0.1) is 0 Å². The van der Waals surface area contributed by atoms with Crippen molar-refractivity contribution in [3.63, 3.8) is 0 Å². The highest BCUT2D eigenvalue weighted by Crippen LogP contribution is 2.16. The van der Waals surface area contributed by atoms with Crippen LogP contribution < -0.4 is 5.32 Å². The van der Waals surface area contributed by atoms with Gasteiger partial charge in [0, 0.05) is 26.3 Å². The molecule has 3 rings (SSSR count). The van der Waals surface area contributed by atoms with Crippen LogP contribution >= 0.6 is 0 Å². The second-order valence-corrected chi connectivity index (χ2v) is 7.30. The number of pyridine rings is 1. The summed E-state index contributed by atoms with van der Waals surface area (Å²) in [7, 11) is 5.73. The number of amides is 2. The van der Waals surface area contributed by atoms with E-state index in [-0.39, 0.29) is 23.3 Å². The summed E-state index contributed by atoms with van der Waals surface area (Å²) in [6.45, 7) is 1.91. The number of fused-ring (bicyclic) bond motifs is 1. The Morgan fingerprint density at radius 3 is 2.48 bits per heavy atom.